The molecule has 1 amide bonds. The topological polar surface area (TPSA) is 47.6 Å². The van der Waals surface area contributed by atoms with E-state index in [0.29, 0.717) is 17.1 Å². The van der Waals surface area contributed by atoms with E-state index < -0.39 is 0 Å². The molecule has 1 atom stereocenters. The van der Waals surface area contributed by atoms with E-state index >= 15 is 0 Å². The number of aryl methyl sites for hydroxylation is 2. The molecule has 4 heteroatoms. The van der Waals surface area contributed by atoms with Crippen LogP contribution in [0.3, 0.4) is 0 Å². The van der Waals surface area contributed by atoms with Crippen molar-refractivity contribution in [1.29, 1.82) is 0 Å². The molecule has 0 saturated carbocycles. The highest BCUT2D eigenvalue weighted by Gasteiger charge is 2.15. The lowest BCUT2D eigenvalue weighted by molar-refractivity contribution is 0.0939. The van der Waals surface area contributed by atoms with Gasteiger partial charge in [-0.3, -0.25) is 4.79 Å². The SMILES string of the molecule is COc1ccc(C(=O)NC(C)c2ccc(C)cc2C)cc1OC. The van der Waals surface area contributed by atoms with E-state index in [4.69, 9.17) is 9.47 Å². The molecule has 0 aliphatic heterocycles. The molecule has 1 N–H and O–H groups in total. The Morgan fingerprint density at radius 1 is 1.00 bits per heavy atom. The summed E-state index contributed by atoms with van der Waals surface area (Å²) < 4.78 is 10.4. The van der Waals surface area contributed by atoms with Gasteiger partial charge in [0.2, 0.25) is 0 Å². The summed E-state index contributed by atoms with van der Waals surface area (Å²) in [7, 11) is 3.12. The summed E-state index contributed by atoms with van der Waals surface area (Å²) in [5, 5.41) is 3.03. The average molecular weight is 313 g/mol. The standard InChI is InChI=1S/C19H23NO3/c1-12-6-8-16(13(2)10-12)14(3)20-19(21)15-7-9-17(22-4)18(11-15)23-5/h6-11,14H,1-5H3,(H,20,21). The number of hydrogen-bond donors (Lipinski definition) is 1. The Kier molecular flexibility index (Phi) is 5.27. The first-order valence-corrected chi connectivity index (χ1v) is 7.56. The summed E-state index contributed by atoms with van der Waals surface area (Å²) >= 11 is 0. The Balaban J connectivity index is 2.18. The summed E-state index contributed by atoms with van der Waals surface area (Å²) in [6.07, 6.45) is 0. The first-order chi connectivity index (χ1) is 11.0. The van der Waals surface area contributed by atoms with E-state index in [2.05, 4.69) is 37.4 Å². The second-order valence-electron chi connectivity index (χ2n) is 5.62. The van der Waals surface area contributed by atoms with Crippen LogP contribution in [0.2, 0.25) is 0 Å². The van der Waals surface area contributed by atoms with Crippen LogP contribution < -0.4 is 14.8 Å². The summed E-state index contributed by atoms with van der Waals surface area (Å²) in [6.45, 7) is 6.10. The maximum Gasteiger partial charge on any atom is 0.251 e. The van der Waals surface area contributed by atoms with Gasteiger partial charge in [0.15, 0.2) is 11.5 Å². The van der Waals surface area contributed by atoms with Crippen molar-refractivity contribution in [3.63, 3.8) is 0 Å². The lowest BCUT2D eigenvalue weighted by Gasteiger charge is -2.17. The molecule has 2 aromatic rings. The van der Waals surface area contributed by atoms with Gasteiger partial charge in [-0.2, -0.15) is 0 Å². The minimum atomic E-state index is -0.140. The third-order valence-corrected chi connectivity index (χ3v) is 3.89. The zero-order valence-electron chi connectivity index (χ0n) is 14.3. The molecule has 1 unspecified atom stereocenters. The van der Waals surface area contributed by atoms with Crippen LogP contribution in [0.25, 0.3) is 0 Å². The average Bonchev–Trinajstić information content (AvgIpc) is 2.53. The predicted molar refractivity (Wildman–Crippen MR) is 91.3 cm³/mol. The van der Waals surface area contributed by atoms with Crippen LogP contribution in [0.5, 0.6) is 11.5 Å². The number of amides is 1. The van der Waals surface area contributed by atoms with Crippen LogP contribution >= 0.6 is 0 Å². The van der Waals surface area contributed by atoms with Gasteiger partial charge in [-0.05, 0) is 50.1 Å². The molecule has 0 aliphatic rings. The summed E-state index contributed by atoms with van der Waals surface area (Å²) in [5.41, 5.74) is 4.04. The van der Waals surface area contributed by atoms with Crippen molar-refractivity contribution in [2.24, 2.45) is 0 Å². The number of nitrogens with one attached hydrogen (secondary N) is 1. The fourth-order valence-corrected chi connectivity index (χ4v) is 2.65. The molecule has 23 heavy (non-hydrogen) atoms. The fraction of sp³-hybridized carbons (Fsp3) is 0.316. The van der Waals surface area contributed by atoms with Gasteiger partial charge < -0.3 is 14.8 Å². The molecule has 122 valence electrons. The molecule has 0 radical (unpaired) electrons. The smallest absolute Gasteiger partial charge is 0.251 e. The second-order valence-corrected chi connectivity index (χ2v) is 5.62. The van der Waals surface area contributed by atoms with Crippen molar-refractivity contribution in [1.82, 2.24) is 5.32 Å². The quantitative estimate of drug-likeness (QED) is 0.913. The highest BCUT2D eigenvalue weighted by atomic mass is 16.5. The lowest BCUT2D eigenvalue weighted by atomic mass is 10.00. The Labute approximate surface area is 137 Å². The van der Waals surface area contributed by atoms with E-state index in [0.717, 1.165) is 5.56 Å². The third-order valence-electron chi connectivity index (χ3n) is 3.89. The molecule has 2 aromatic carbocycles. The number of carbonyl (C=O) groups excluding carboxylic acids is 1. The fourth-order valence-electron chi connectivity index (χ4n) is 2.65. The largest absolute Gasteiger partial charge is 0.493 e. The van der Waals surface area contributed by atoms with Gasteiger partial charge in [0.05, 0.1) is 20.3 Å². The number of hydrogen-bond acceptors (Lipinski definition) is 3. The number of benzene rings is 2. The van der Waals surface area contributed by atoms with Crippen LogP contribution in [0.4, 0.5) is 0 Å². The van der Waals surface area contributed by atoms with Crippen molar-refractivity contribution in [2.75, 3.05) is 14.2 Å². The van der Waals surface area contributed by atoms with Gasteiger partial charge in [0.25, 0.3) is 5.91 Å². The molecule has 0 heterocycles. The molecule has 0 fully saturated rings. The minimum absolute atomic E-state index is 0.0730. The van der Waals surface area contributed by atoms with E-state index in [9.17, 15) is 4.79 Å². The van der Waals surface area contributed by atoms with Crippen molar-refractivity contribution in [3.05, 3.63) is 58.7 Å². The Morgan fingerprint density at radius 3 is 2.30 bits per heavy atom. The Hall–Kier alpha value is -2.49. The lowest BCUT2D eigenvalue weighted by Crippen LogP contribution is -2.27. The van der Waals surface area contributed by atoms with Crippen molar-refractivity contribution >= 4 is 5.91 Å². The van der Waals surface area contributed by atoms with Crippen molar-refractivity contribution in [2.45, 2.75) is 26.8 Å². The minimum Gasteiger partial charge on any atom is -0.493 e. The van der Waals surface area contributed by atoms with Crippen LogP contribution in [0.15, 0.2) is 36.4 Å². The van der Waals surface area contributed by atoms with Crippen LogP contribution in [-0.4, -0.2) is 20.1 Å². The second kappa shape index (κ2) is 7.18. The molecular weight excluding hydrogens is 290 g/mol. The zero-order valence-corrected chi connectivity index (χ0v) is 14.3. The molecule has 0 saturated heterocycles. The van der Waals surface area contributed by atoms with E-state index in [1.165, 1.54) is 11.1 Å². The molecule has 2 rings (SSSR count). The maximum absolute atomic E-state index is 12.5. The number of carbonyl (C=O) groups is 1. The molecule has 4 nitrogen and oxygen atoms in total. The van der Waals surface area contributed by atoms with Crippen LogP contribution in [-0.2, 0) is 0 Å². The summed E-state index contributed by atoms with van der Waals surface area (Å²) in [6, 6.07) is 11.3. The van der Waals surface area contributed by atoms with Gasteiger partial charge in [-0.15, -0.1) is 0 Å². The predicted octanol–water partition coefficient (Wildman–Crippen LogP) is 3.81. The molecular formula is C19H23NO3. The summed E-state index contributed by atoms with van der Waals surface area (Å²) in [5.74, 6) is 1.00. The van der Waals surface area contributed by atoms with Crippen molar-refractivity contribution < 1.29 is 14.3 Å². The zero-order chi connectivity index (χ0) is 17.0. The molecule has 0 aromatic heterocycles. The number of rotatable bonds is 5. The van der Waals surface area contributed by atoms with Crippen molar-refractivity contribution in [3.8, 4) is 11.5 Å². The first-order valence-electron chi connectivity index (χ1n) is 7.56. The first kappa shape index (κ1) is 16.9. The molecule has 0 bridgehead atoms. The Bertz CT molecular complexity index is 710. The number of methoxy groups -OCH3 is 2. The van der Waals surface area contributed by atoms with Crippen LogP contribution in [0.1, 0.15) is 40.0 Å². The highest BCUT2D eigenvalue weighted by Crippen LogP contribution is 2.28. The van der Waals surface area contributed by atoms with Crippen LogP contribution in [0, 0.1) is 13.8 Å². The van der Waals surface area contributed by atoms with E-state index in [-0.39, 0.29) is 11.9 Å². The monoisotopic (exact) mass is 313 g/mol. The normalized spacial score (nSPS) is 11.7. The van der Waals surface area contributed by atoms with Gasteiger partial charge >= 0.3 is 0 Å². The summed E-state index contributed by atoms with van der Waals surface area (Å²) in [4.78, 5) is 12.5. The number of ether oxygens (including phenoxy) is 2. The molecule has 0 spiro atoms. The maximum atomic E-state index is 12.5. The van der Waals surface area contributed by atoms with E-state index in [1.807, 2.05) is 6.92 Å². The van der Waals surface area contributed by atoms with Gasteiger partial charge in [0, 0.05) is 5.56 Å². The van der Waals surface area contributed by atoms with E-state index in [1.54, 1.807) is 32.4 Å². The molecule has 0 aliphatic carbocycles. The third kappa shape index (κ3) is 3.83. The van der Waals surface area contributed by atoms with Gasteiger partial charge in [-0.25, -0.2) is 0 Å². The van der Waals surface area contributed by atoms with Gasteiger partial charge in [0.1, 0.15) is 0 Å². The highest BCUT2D eigenvalue weighted by molar-refractivity contribution is 5.95. The Morgan fingerprint density at radius 2 is 1.70 bits per heavy atom. The van der Waals surface area contributed by atoms with Gasteiger partial charge in [-0.1, -0.05) is 23.8 Å².